The SMILES string of the molecule is Cc1cc(N(C)S(=O)(=O)c2ccc3c(c2)CCC(=O)N3)ccc1Br. The van der Waals surface area contributed by atoms with Gasteiger partial charge in [-0.1, -0.05) is 15.9 Å². The standard InChI is InChI=1S/C17H17BrN2O3S/c1-11-9-13(4-6-15(11)18)20(2)24(22,23)14-5-7-16-12(10-14)3-8-17(21)19-16/h4-7,9-10H,3,8H2,1-2H3,(H,19,21). The van der Waals surface area contributed by atoms with Gasteiger partial charge in [0.15, 0.2) is 0 Å². The van der Waals surface area contributed by atoms with E-state index in [0.717, 1.165) is 15.6 Å². The van der Waals surface area contributed by atoms with Crippen molar-refractivity contribution in [2.24, 2.45) is 0 Å². The predicted molar refractivity (Wildman–Crippen MR) is 97.9 cm³/mol. The van der Waals surface area contributed by atoms with Crippen LogP contribution in [-0.2, 0) is 21.2 Å². The lowest BCUT2D eigenvalue weighted by Crippen LogP contribution is -2.27. The molecule has 0 bridgehead atoms. The maximum Gasteiger partial charge on any atom is 0.264 e. The third kappa shape index (κ3) is 3.06. The number of anilines is 2. The number of sulfonamides is 1. The Kier molecular flexibility index (Phi) is 4.40. The molecule has 1 N–H and O–H groups in total. The van der Waals surface area contributed by atoms with E-state index < -0.39 is 10.0 Å². The van der Waals surface area contributed by atoms with Crippen LogP contribution < -0.4 is 9.62 Å². The fraction of sp³-hybridized carbons (Fsp3) is 0.235. The third-order valence-electron chi connectivity index (χ3n) is 4.14. The van der Waals surface area contributed by atoms with Crippen molar-refractivity contribution in [3.05, 3.63) is 52.0 Å². The van der Waals surface area contributed by atoms with Crippen molar-refractivity contribution in [2.45, 2.75) is 24.7 Å². The summed E-state index contributed by atoms with van der Waals surface area (Å²) >= 11 is 3.42. The molecule has 5 nitrogen and oxygen atoms in total. The van der Waals surface area contributed by atoms with E-state index in [0.29, 0.717) is 24.2 Å². The molecule has 1 heterocycles. The molecule has 0 spiro atoms. The van der Waals surface area contributed by atoms with Crippen molar-refractivity contribution in [1.29, 1.82) is 0 Å². The number of carbonyl (C=O) groups is 1. The van der Waals surface area contributed by atoms with Gasteiger partial charge in [-0.2, -0.15) is 0 Å². The van der Waals surface area contributed by atoms with Crippen molar-refractivity contribution in [3.63, 3.8) is 0 Å². The number of hydrogen-bond donors (Lipinski definition) is 1. The highest BCUT2D eigenvalue weighted by molar-refractivity contribution is 9.10. The Balaban J connectivity index is 1.98. The van der Waals surface area contributed by atoms with Gasteiger partial charge in [0, 0.05) is 23.6 Å². The Labute approximate surface area is 149 Å². The number of nitrogens with one attached hydrogen (secondary N) is 1. The zero-order valence-electron chi connectivity index (χ0n) is 13.3. The van der Waals surface area contributed by atoms with Crippen LogP contribution in [0.3, 0.4) is 0 Å². The van der Waals surface area contributed by atoms with Crippen LogP contribution in [0.4, 0.5) is 11.4 Å². The number of fused-ring (bicyclic) bond motifs is 1. The second-order valence-electron chi connectivity index (χ2n) is 5.77. The zero-order valence-corrected chi connectivity index (χ0v) is 15.7. The minimum absolute atomic E-state index is 0.0411. The molecule has 0 radical (unpaired) electrons. The normalized spacial score (nSPS) is 14.0. The summed E-state index contributed by atoms with van der Waals surface area (Å²) < 4.78 is 28.0. The van der Waals surface area contributed by atoms with Crippen molar-refractivity contribution in [2.75, 3.05) is 16.7 Å². The number of amides is 1. The number of hydrogen-bond acceptors (Lipinski definition) is 3. The lowest BCUT2D eigenvalue weighted by molar-refractivity contribution is -0.116. The summed E-state index contributed by atoms with van der Waals surface area (Å²) in [7, 11) is -2.12. The number of aryl methyl sites for hydroxylation is 2. The van der Waals surface area contributed by atoms with E-state index in [-0.39, 0.29) is 10.8 Å². The Hall–Kier alpha value is -1.86. The Morgan fingerprint density at radius 2 is 1.88 bits per heavy atom. The summed E-state index contributed by atoms with van der Waals surface area (Å²) in [4.78, 5) is 11.6. The molecule has 0 saturated heterocycles. The molecule has 0 atom stereocenters. The van der Waals surface area contributed by atoms with Crippen LogP contribution in [0.15, 0.2) is 45.8 Å². The van der Waals surface area contributed by atoms with Gasteiger partial charge in [0.1, 0.15) is 0 Å². The maximum absolute atomic E-state index is 12.9. The first kappa shape index (κ1) is 17.0. The van der Waals surface area contributed by atoms with Gasteiger partial charge in [-0.25, -0.2) is 8.42 Å². The van der Waals surface area contributed by atoms with Crippen LogP contribution in [0.2, 0.25) is 0 Å². The highest BCUT2D eigenvalue weighted by Crippen LogP contribution is 2.30. The van der Waals surface area contributed by atoms with Crippen molar-refractivity contribution in [3.8, 4) is 0 Å². The van der Waals surface area contributed by atoms with E-state index in [1.165, 1.54) is 10.4 Å². The number of benzene rings is 2. The Morgan fingerprint density at radius 3 is 2.58 bits per heavy atom. The minimum atomic E-state index is -3.66. The summed E-state index contributed by atoms with van der Waals surface area (Å²) in [5.74, 6) is -0.0411. The molecule has 0 fully saturated rings. The van der Waals surface area contributed by atoms with Crippen LogP contribution in [-0.4, -0.2) is 21.4 Å². The summed E-state index contributed by atoms with van der Waals surface area (Å²) in [6.45, 7) is 1.91. The lowest BCUT2D eigenvalue weighted by atomic mass is 10.0. The molecule has 7 heteroatoms. The number of halogens is 1. The molecule has 0 unspecified atom stereocenters. The third-order valence-corrected chi connectivity index (χ3v) is 6.81. The summed E-state index contributed by atoms with van der Waals surface area (Å²) in [5.41, 5.74) is 3.09. The molecule has 1 amide bonds. The van der Waals surface area contributed by atoms with Gasteiger partial charge in [0.2, 0.25) is 5.91 Å². The molecule has 0 aromatic heterocycles. The monoisotopic (exact) mass is 408 g/mol. The first-order valence-corrected chi connectivity index (χ1v) is 9.70. The Bertz CT molecular complexity index is 925. The Morgan fingerprint density at radius 1 is 1.12 bits per heavy atom. The van der Waals surface area contributed by atoms with Gasteiger partial charge in [-0.05, 0) is 60.9 Å². The van der Waals surface area contributed by atoms with Gasteiger partial charge in [0.05, 0.1) is 10.6 Å². The second-order valence-corrected chi connectivity index (χ2v) is 8.60. The van der Waals surface area contributed by atoms with Crippen LogP contribution in [0, 0.1) is 6.92 Å². The smallest absolute Gasteiger partial charge is 0.264 e. The highest BCUT2D eigenvalue weighted by Gasteiger charge is 2.24. The van der Waals surface area contributed by atoms with Crippen molar-refractivity contribution in [1.82, 2.24) is 0 Å². The van der Waals surface area contributed by atoms with E-state index in [2.05, 4.69) is 21.2 Å². The molecule has 1 aliphatic heterocycles. The van der Waals surface area contributed by atoms with Crippen LogP contribution in [0.25, 0.3) is 0 Å². The minimum Gasteiger partial charge on any atom is -0.326 e. The van der Waals surface area contributed by atoms with E-state index >= 15 is 0 Å². The van der Waals surface area contributed by atoms with Gasteiger partial charge in [-0.3, -0.25) is 9.10 Å². The van der Waals surface area contributed by atoms with Crippen LogP contribution >= 0.6 is 15.9 Å². The fourth-order valence-corrected chi connectivity index (χ4v) is 4.13. The topological polar surface area (TPSA) is 66.5 Å². The van der Waals surface area contributed by atoms with E-state index in [1.807, 2.05) is 19.1 Å². The van der Waals surface area contributed by atoms with Gasteiger partial charge in [0.25, 0.3) is 10.0 Å². The predicted octanol–water partition coefficient (Wildman–Crippen LogP) is 3.47. The van der Waals surface area contributed by atoms with Gasteiger partial charge in [-0.15, -0.1) is 0 Å². The van der Waals surface area contributed by atoms with Crippen molar-refractivity contribution >= 4 is 43.2 Å². The van der Waals surface area contributed by atoms with Crippen LogP contribution in [0.1, 0.15) is 17.5 Å². The summed E-state index contributed by atoms with van der Waals surface area (Å²) in [6.07, 6.45) is 0.921. The molecule has 2 aromatic carbocycles. The molecular formula is C17H17BrN2O3S. The first-order chi connectivity index (χ1) is 11.3. The van der Waals surface area contributed by atoms with Gasteiger partial charge < -0.3 is 5.32 Å². The summed E-state index contributed by atoms with van der Waals surface area (Å²) in [6, 6.07) is 10.2. The average Bonchev–Trinajstić information content (AvgIpc) is 2.56. The number of rotatable bonds is 3. The molecule has 2 aromatic rings. The molecule has 0 saturated carbocycles. The largest absolute Gasteiger partial charge is 0.326 e. The maximum atomic E-state index is 12.9. The second kappa shape index (κ2) is 6.22. The van der Waals surface area contributed by atoms with Crippen molar-refractivity contribution < 1.29 is 13.2 Å². The lowest BCUT2D eigenvalue weighted by Gasteiger charge is -2.22. The fourth-order valence-electron chi connectivity index (χ4n) is 2.64. The molecule has 24 heavy (non-hydrogen) atoms. The van der Waals surface area contributed by atoms with Gasteiger partial charge >= 0.3 is 0 Å². The summed E-state index contributed by atoms with van der Waals surface area (Å²) in [5, 5.41) is 2.76. The average molecular weight is 409 g/mol. The molecule has 0 aliphatic carbocycles. The molecule has 126 valence electrons. The molecule has 3 rings (SSSR count). The highest BCUT2D eigenvalue weighted by atomic mass is 79.9. The first-order valence-electron chi connectivity index (χ1n) is 7.47. The molecule has 1 aliphatic rings. The number of nitrogens with zero attached hydrogens (tertiary/aromatic N) is 1. The molecular weight excluding hydrogens is 392 g/mol. The van der Waals surface area contributed by atoms with Crippen LogP contribution in [0.5, 0.6) is 0 Å². The zero-order chi connectivity index (χ0) is 17.5. The number of carbonyl (C=O) groups excluding carboxylic acids is 1. The van der Waals surface area contributed by atoms with E-state index in [4.69, 9.17) is 0 Å². The van der Waals surface area contributed by atoms with E-state index in [1.54, 1.807) is 25.2 Å². The van der Waals surface area contributed by atoms with E-state index in [9.17, 15) is 13.2 Å². The quantitative estimate of drug-likeness (QED) is 0.845.